The number of hydrogen-bond donors (Lipinski definition) is 1. The molecule has 0 spiro atoms. The Bertz CT molecular complexity index is 176. The number of nitrogens with one attached hydrogen (secondary N) is 1. The summed E-state index contributed by atoms with van der Waals surface area (Å²) < 4.78 is 30.2. The van der Waals surface area contributed by atoms with Crippen LogP contribution in [0.1, 0.15) is 19.8 Å². The van der Waals surface area contributed by atoms with Gasteiger partial charge in [-0.05, 0) is 25.9 Å². The fraction of sp³-hybridized carbons (Fsp3) is 1.00. The smallest absolute Gasteiger partial charge is 0.0946 e. The zero-order chi connectivity index (χ0) is 8.74. The van der Waals surface area contributed by atoms with E-state index in [4.69, 9.17) is 0 Å². The highest BCUT2D eigenvalue weighted by atomic mass is 32.2. The van der Waals surface area contributed by atoms with Gasteiger partial charge in [0.2, 0.25) is 0 Å². The molecule has 4 nitrogen and oxygen atoms in total. The highest BCUT2D eigenvalue weighted by Gasteiger charge is 1.93. The summed E-state index contributed by atoms with van der Waals surface area (Å²) >= 11 is 0. The Kier molecular flexibility index (Phi) is 5.45. The van der Waals surface area contributed by atoms with Crippen LogP contribution >= 0.6 is 0 Å². The van der Waals surface area contributed by atoms with Crippen molar-refractivity contribution in [2.24, 2.45) is 0 Å². The van der Waals surface area contributed by atoms with Crippen LogP contribution in [0.3, 0.4) is 0 Å². The Morgan fingerprint density at radius 1 is 1.36 bits per heavy atom. The molecule has 0 rings (SSSR count). The minimum absolute atomic E-state index is 0.260. The number of hydrogen-bond acceptors (Lipinski definition) is 4. The van der Waals surface area contributed by atoms with E-state index in [1.165, 1.54) is 0 Å². The largest absolute Gasteiger partial charge is 0.748 e. The second-order valence-corrected chi connectivity index (χ2v) is 3.89. The van der Waals surface area contributed by atoms with Crippen molar-refractivity contribution in [1.82, 2.24) is 5.32 Å². The molecule has 0 radical (unpaired) electrons. The van der Waals surface area contributed by atoms with Gasteiger partial charge < -0.3 is 9.87 Å². The van der Waals surface area contributed by atoms with E-state index in [-0.39, 0.29) is 5.75 Å². The molecular formula is C6H14NO3S-. The van der Waals surface area contributed by atoms with Crippen LogP contribution < -0.4 is 5.32 Å². The van der Waals surface area contributed by atoms with Gasteiger partial charge in [-0.2, -0.15) is 0 Å². The van der Waals surface area contributed by atoms with Crippen molar-refractivity contribution in [1.29, 1.82) is 0 Å². The summed E-state index contributed by atoms with van der Waals surface area (Å²) in [7, 11) is -4.00. The lowest BCUT2D eigenvalue weighted by Crippen LogP contribution is -2.18. The first-order valence-electron chi connectivity index (χ1n) is 3.70. The quantitative estimate of drug-likeness (QED) is 0.458. The molecule has 0 saturated heterocycles. The van der Waals surface area contributed by atoms with Gasteiger partial charge in [-0.15, -0.1) is 0 Å². The van der Waals surface area contributed by atoms with E-state index >= 15 is 0 Å². The van der Waals surface area contributed by atoms with Crippen LogP contribution in [-0.2, 0) is 10.1 Å². The summed E-state index contributed by atoms with van der Waals surface area (Å²) in [5, 5.41) is 3.00. The predicted octanol–water partition coefficient (Wildman–Crippen LogP) is -0.0787. The molecule has 0 aliphatic heterocycles. The van der Waals surface area contributed by atoms with E-state index < -0.39 is 10.1 Å². The minimum Gasteiger partial charge on any atom is -0.748 e. The van der Waals surface area contributed by atoms with Crippen molar-refractivity contribution in [2.45, 2.75) is 19.8 Å². The summed E-state index contributed by atoms with van der Waals surface area (Å²) in [6, 6.07) is 0. The monoisotopic (exact) mass is 180 g/mol. The Morgan fingerprint density at radius 3 is 2.45 bits per heavy atom. The van der Waals surface area contributed by atoms with Gasteiger partial charge in [0.1, 0.15) is 0 Å². The van der Waals surface area contributed by atoms with Crippen LogP contribution in [0.5, 0.6) is 0 Å². The van der Waals surface area contributed by atoms with Crippen molar-refractivity contribution in [3.05, 3.63) is 0 Å². The van der Waals surface area contributed by atoms with Crippen LogP contribution in [0.4, 0.5) is 0 Å². The van der Waals surface area contributed by atoms with Crippen molar-refractivity contribution in [3.8, 4) is 0 Å². The van der Waals surface area contributed by atoms with Crippen LogP contribution in [-0.4, -0.2) is 31.8 Å². The average Bonchev–Trinajstić information content (AvgIpc) is 1.85. The highest BCUT2D eigenvalue weighted by Crippen LogP contribution is 1.85. The fourth-order valence-electron chi connectivity index (χ4n) is 0.676. The van der Waals surface area contributed by atoms with E-state index in [0.29, 0.717) is 13.0 Å². The molecule has 0 amide bonds. The summed E-state index contributed by atoms with van der Waals surface area (Å²) in [6.07, 6.45) is 1.43. The van der Waals surface area contributed by atoms with Gasteiger partial charge in [0, 0.05) is 5.75 Å². The first kappa shape index (κ1) is 10.9. The van der Waals surface area contributed by atoms with Crippen molar-refractivity contribution < 1.29 is 13.0 Å². The zero-order valence-electron chi connectivity index (χ0n) is 6.67. The van der Waals surface area contributed by atoms with E-state index in [0.717, 1.165) is 13.0 Å². The van der Waals surface area contributed by atoms with Gasteiger partial charge in [0.05, 0.1) is 10.1 Å². The van der Waals surface area contributed by atoms with Crippen LogP contribution in [0.2, 0.25) is 0 Å². The van der Waals surface area contributed by atoms with E-state index in [9.17, 15) is 13.0 Å². The molecule has 0 fully saturated rings. The summed E-state index contributed by atoms with van der Waals surface area (Å²) in [4.78, 5) is 0. The SMILES string of the molecule is CCCNCCCS(=O)(=O)[O-]. The maximum absolute atomic E-state index is 10.1. The van der Waals surface area contributed by atoms with Crippen molar-refractivity contribution in [2.75, 3.05) is 18.8 Å². The molecule has 1 N–H and O–H groups in total. The average molecular weight is 180 g/mol. The van der Waals surface area contributed by atoms with Gasteiger partial charge >= 0.3 is 0 Å². The third-order valence-corrected chi connectivity index (χ3v) is 1.96. The van der Waals surface area contributed by atoms with E-state index in [1.54, 1.807) is 0 Å². The predicted molar refractivity (Wildman–Crippen MR) is 42.3 cm³/mol. The molecule has 0 saturated carbocycles. The maximum Gasteiger partial charge on any atom is 0.0946 e. The van der Waals surface area contributed by atoms with E-state index in [1.807, 2.05) is 6.92 Å². The van der Waals surface area contributed by atoms with E-state index in [2.05, 4.69) is 5.32 Å². The Balaban J connectivity index is 3.16. The standard InChI is InChI=1S/C6H15NO3S/c1-2-4-7-5-3-6-11(8,9)10/h7H,2-6H2,1H3,(H,8,9,10)/p-1. The molecule has 0 heterocycles. The molecule has 0 bridgehead atoms. The lowest BCUT2D eigenvalue weighted by molar-refractivity contribution is 0.460. The van der Waals surface area contributed by atoms with Gasteiger partial charge in [0.25, 0.3) is 0 Å². The molecule has 5 heteroatoms. The normalized spacial score (nSPS) is 11.8. The molecule has 0 aliphatic carbocycles. The van der Waals surface area contributed by atoms with Crippen molar-refractivity contribution >= 4 is 10.1 Å². The van der Waals surface area contributed by atoms with Gasteiger partial charge in [-0.25, -0.2) is 8.42 Å². The lowest BCUT2D eigenvalue weighted by Gasteiger charge is -2.06. The fourth-order valence-corrected chi connectivity index (χ4v) is 1.17. The lowest BCUT2D eigenvalue weighted by atomic mass is 10.4. The summed E-state index contributed by atoms with van der Waals surface area (Å²) in [5.74, 6) is -0.260. The third-order valence-electron chi connectivity index (χ3n) is 1.17. The molecule has 0 aliphatic rings. The third kappa shape index (κ3) is 9.87. The van der Waals surface area contributed by atoms with Crippen molar-refractivity contribution in [3.63, 3.8) is 0 Å². The van der Waals surface area contributed by atoms with Crippen LogP contribution in [0, 0.1) is 0 Å². The second kappa shape index (κ2) is 5.51. The molecule has 0 aromatic rings. The maximum atomic E-state index is 10.1. The number of rotatable bonds is 6. The first-order valence-corrected chi connectivity index (χ1v) is 5.28. The molecular weight excluding hydrogens is 166 g/mol. The second-order valence-electron chi connectivity index (χ2n) is 2.37. The Morgan fingerprint density at radius 2 is 2.00 bits per heavy atom. The van der Waals surface area contributed by atoms with Gasteiger partial charge in [-0.1, -0.05) is 6.92 Å². The Hall–Kier alpha value is -0.130. The van der Waals surface area contributed by atoms with Crippen LogP contribution in [0.25, 0.3) is 0 Å². The van der Waals surface area contributed by atoms with Gasteiger partial charge in [0.15, 0.2) is 0 Å². The van der Waals surface area contributed by atoms with Crippen LogP contribution in [0.15, 0.2) is 0 Å². The molecule has 0 aromatic heterocycles. The molecule has 11 heavy (non-hydrogen) atoms. The topological polar surface area (TPSA) is 69.2 Å². The first-order chi connectivity index (χ1) is 5.06. The summed E-state index contributed by atoms with van der Waals surface area (Å²) in [6.45, 7) is 3.51. The summed E-state index contributed by atoms with van der Waals surface area (Å²) in [5.41, 5.74) is 0. The highest BCUT2D eigenvalue weighted by molar-refractivity contribution is 7.85. The molecule has 0 aromatic carbocycles. The Labute approximate surface area is 67.7 Å². The zero-order valence-corrected chi connectivity index (χ0v) is 7.49. The van der Waals surface area contributed by atoms with Gasteiger partial charge in [-0.3, -0.25) is 0 Å². The molecule has 68 valence electrons. The molecule has 0 atom stereocenters. The minimum atomic E-state index is -4.00. The molecule has 0 unspecified atom stereocenters.